The van der Waals surface area contributed by atoms with Crippen molar-refractivity contribution in [2.75, 3.05) is 11.4 Å². The van der Waals surface area contributed by atoms with Crippen LogP contribution in [-0.2, 0) is 12.6 Å². The molecule has 0 radical (unpaired) electrons. The maximum absolute atomic E-state index is 13.9. The second-order valence-electron chi connectivity index (χ2n) is 8.29. The maximum atomic E-state index is 13.9. The fraction of sp³-hybridized carbons (Fsp3) is 0.120. The molecule has 5 rings (SSSR count). The van der Waals surface area contributed by atoms with E-state index in [-0.39, 0.29) is 46.9 Å². The number of H-pyrrole nitrogens is 1. The van der Waals surface area contributed by atoms with Crippen molar-refractivity contribution in [1.29, 1.82) is 0 Å². The molecule has 0 spiro atoms. The van der Waals surface area contributed by atoms with Crippen LogP contribution in [0.2, 0.25) is 0 Å². The van der Waals surface area contributed by atoms with Crippen molar-refractivity contribution in [3.8, 4) is 16.8 Å². The smallest absolute Gasteiger partial charge is 0.409 e. The zero-order valence-electron chi connectivity index (χ0n) is 19.0. The molecule has 0 fully saturated rings. The lowest BCUT2D eigenvalue weighted by Gasteiger charge is -2.28. The van der Waals surface area contributed by atoms with Crippen molar-refractivity contribution < 1.29 is 23.2 Å². The van der Waals surface area contributed by atoms with Crippen LogP contribution in [0.25, 0.3) is 16.8 Å². The standard InChI is InChI=1S/C25H19F3N6O3/c26-25(27,28)21-19-10-12-33(16-8-6-14(7-9-16)18-5-2-11-30-23(18)35)24(36)20(19)34(31-21)17-4-1-3-15(13-17)22(29)32-37/h1-9,11,13,37H,10,12H2,(H2,29,32)(H,30,35). The van der Waals surface area contributed by atoms with E-state index in [9.17, 15) is 22.8 Å². The van der Waals surface area contributed by atoms with Gasteiger partial charge in [-0.2, -0.15) is 18.3 Å². The zero-order valence-corrected chi connectivity index (χ0v) is 19.0. The molecule has 12 heteroatoms. The van der Waals surface area contributed by atoms with Crippen LogP contribution in [-0.4, -0.2) is 38.3 Å². The summed E-state index contributed by atoms with van der Waals surface area (Å²) in [4.78, 5) is 29.6. The van der Waals surface area contributed by atoms with Gasteiger partial charge in [0.15, 0.2) is 11.5 Å². The molecule has 0 atom stereocenters. The van der Waals surface area contributed by atoms with Crippen LogP contribution in [0.15, 0.2) is 76.8 Å². The first-order valence-electron chi connectivity index (χ1n) is 11.1. The van der Waals surface area contributed by atoms with Gasteiger partial charge in [-0.25, -0.2) is 4.68 Å². The van der Waals surface area contributed by atoms with Crippen LogP contribution in [0, 0.1) is 0 Å². The fourth-order valence-corrected chi connectivity index (χ4v) is 4.35. The molecule has 188 valence electrons. The Kier molecular flexibility index (Phi) is 5.78. The third kappa shape index (κ3) is 4.22. The largest absolute Gasteiger partial charge is 0.435 e. The Balaban J connectivity index is 1.58. The van der Waals surface area contributed by atoms with Gasteiger partial charge in [-0.3, -0.25) is 9.59 Å². The molecule has 0 aliphatic carbocycles. The Bertz CT molecular complexity index is 1590. The minimum atomic E-state index is -4.77. The molecule has 0 bridgehead atoms. The highest BCUT2D eigenvalue weighted by atomic mass is 19.4. The number of aromatic nitrogens is 3. The summed E-state index contributed by atoms with van der Waals surface area (Å²) >= 11 is 0. The number of aromatic amines is 1. The van der Waals surface area contributed by atoms with Gasteiger partial charge in [0, 0.05) is 35.1 Å². The first kappa shape index (κ1) is 23.9. The predicted octanol–water partition coefficient (Wildman–Crippen LogP) is 3.54. The van der Waals surface area contributed by atoms with E-state index in [1.54, 1.807) is 36.4 Å². The number of anilines is 1. The molecule has 2 aromatic heterocycles. The van der Waals surface area contributed by atoms with Crippen molar-refractivity contribution in [1.82, 2.24) is 14.8 Å². The van der Waals surface area contributed by atoms with Gasteiger partial charge in [-0.05, 0) is 48.4 Å². The molecule has 0 saturated heterocycles. The van der Waals surface area contributed by atoms with Crippen molar-refractivity contribution in [2.45, 2.75) is 12.6 Å². The lowest BCUT2D eigenvalue weighted by atomic mass is 10.0. The molecular weight excluding hydrogens is 489 g/mol. The average Bonchev–Trinajstić information content (AvgIpc) is 3.30. The minimum absolute atomic E-state index is 0.00995. The third-order valence-corrected chi connectivity index (χ3v) is 6.09. The number of fused-ring (bicyclic) bond motifs is 1. The summed E-state index contributed by atoms with van der Waals surface area (Å²) in [5.74, 6) is -0.909. The number of nitrogens with one attached hydrogen (secondary N) is 1. The number of carbonyl (C=O) groups excluding carboxylic acids is 1. The number of hydrogen-bond donors (Lipinski definition) is 3. The van der Waals surface area contributed by atoms with E-state index in [0.717, 1.165) is 4.68 Å². The number of halogens is 3. The Morgan fingerprint density at radius 2 is 1.81 bits per heavy atom. The van der Waals surface area contributed by atoms with Crippen molar-refractivity contribution >= 4 is 17.4 Å². The third-order valence-electron chi connectivity index (χ3n) is 6.09. The van der Waals surface area contributed by atoms with Gasteiger partial charge in [0.25, 0.3) is 11.5 Å². The number of nitrogens with zero attached hydrogens (tertiary/aromatic N) is 4. The number of pyridine rings is 1. The summed E-state index contributed by atoms with van der Waals surface area (Å²) in [6, 6.07) is 15.8. The summed E-state index contributed by atoms with van der Waals surface area (Å²) in [5.41, 5.74) is 5.72. The summed E-state index contributed by atoms with van der Waals surface area (Å²) in [6.07, 6.45) is -3.33. The molecule has 1 amide bonds. The molecule has 0 saturated carbocycles. The number of hydrogen-bond acceptors (Lipinski definition) is 5. The number of alkyl halides is 3. The average molecular weight is 508 g/mol. The highest BCUT2D eigenvalue weighted by molar-refractivity contribution is 6.08. The normalized spacial score (nSPS) is 14.1. The van der Waals surface area contributed by atoms with E-state index in [2.05, 4.69) is 15.2 Å². The summed E-state index contributed by atoms with van der Waals surface area (Å²) < 4.78 is 42.5. The second kappa shape index (κ2) is 8.97. The van der Waals surface area contributed by atoms with Crippen LogP contribution in [0.3, 0.4) is 0 Å². The quantitative estimate of drug-likeness (QED) is 0.168. The Morgan fingerprint density at radius 1 is 1.05 bits per heavy atom. The van der Waals surface area contributed by atoms with Crippen molar-refractivity contribution in [2.24, 2.45) is 10.9 Å². The number of amides is 1. The number of amidine groups is 1. The Hall–Kier alpha value is -4.87. The molecule has 1 aliphatic heterocycles. The van der Waals surface area contributed by atoms with Crippen LogP contribution < -0.4 is 16.2 Å². The van der Waals surface area contributed by atoms with E-state index in [1.165, 1.54) is 35.4 Å². The first-order chi connectivity index (χ1) is 17.7. The minimum Gasteiger partial charge on any atom is -0.409 e. The lowest BCUT2D eigenvalue weighted by molar-refractivity contribution is -0.141. The van der Waals surface area contributed by atoms with Gasteiger partial charge in [-0.15, -0.1) is 0 Å². The van der Waals surface area contributed by atoms with Crippen LogP contribution >= 0.6 is 0 Å². The molecule has 37 heavy (non-hydrogen) atoms. The number of carbonyl (C=O) groups is 1. The Morgan fingerprint density at radius 3 is 2.49 bits per heavy atom. The summed E-state index contributed by atoms with van der Waals surface area (Å²) in [6.45, 7) is 0.00995. The number of nitrogens with two attached hydrogens (primary N) is 1. The van der Waals surface area contributed by atoms with Gasteiger partial charge < -0.3 is 20.8 Å². The van der Waals surface area contributed by atoms with Gasteiger partial charge in [0.05, 0.1) is 5.69 Å². The van der Waals surface area contributed by atoms with Crippen LogP contribution in [0.1, 0.15) is 27.3 Å². The first-order valence-corrected chi connectivity index (χ1v) is 11.1. The van der Waals surface area contributed by atoms with E-state index in [1.807, 2.05) is 0 Å². The van der Waals surface area contributed by atoms with E-state index in [4.69, 9.17) is 10.9 Å². The van der Waals surface area contributed by atoms with Crippen LogP contribution in [0.4, 0.5) is 18.9 Å². The zero-order chi connectivity index (χ0) is 26.3. The number of benzene rings is 2. The van der Waals surface area contributed by atoms with E-state index >= 15 is 0 Å². The highest BCUT2D eigenvalue weighted by Gasteiger charge is 2.43. The SMILES string of the molecule is NC(=NO)c1cccc(-n2nc(C(F)(F)F)c3c2C(=O)N(c2ccc(-c4ccc[nH]c4=O)cc2)CC3)c1. The summed E-state index contributed by atoms with van der Waals surface area (Å²) in [5, 5.41) is 15.7. The number of rotatable bonds is 4. The monoisotopic (exact) mass is 508 g/mol. The van der Waals surface area contributed by atoms with Crippen molar-refractivity contribution in [3.05, 3.63) is 99.7 Å². The molecular formula is C25H19F3N6O3. The van der Waals surface area contributed by atoms with E-state index in [0.29, 0.717) is 16.8 Å². The predicted molar refractivity (Wildman–Crippen MR) is 129 cm³/mol. The van der Waals surface area contributed by atoms with Gasteiger partial charge >= 0.3 is 6.18 Å². The summed E-state index contributed by atoms with van der Waals surface area (Å²) in [7, 11) is 0. The molecule has 1 aliphatic rings. The van der Waals surface area contributed by atoms with Gasteiger partial charge in [0.2, 0.25) is 0 Å². The second-order valence-corrected chi connectivity index (χ2v) is 8.29. The molecule has 9 nitrogen and oxygen atoms in total. The van der Waals surface area contributed by atoms with E-state index < -0.39 is 17.8 Å². The maximum Gasteiger partial charge on any atom is 0.435 e. The topological polar surface area (TPSA) is 130 Å². The Labute approximate surface area is 207 Å². The molecule has 4 N–H and O–H groups in total. The molecule has 2 aromatic carbocycles. The van der Waals surface area contributed by atoms with Crippen LogP contribution in [0.5, 0.6) is 0 Å². The van der Waals surface area contributed by atoms with Crippen molar-refractivity contribution in [3.63, 3.8) is 0 Å². The van der Waals surface area contributed by atoms with Gasteiger partial charge in [-0.1, -0.05) is 29.4 Å². The van der Waals surface area contributed by atoms with Gasteiger partial charge in [0.1, 0.15) is 5.69 Å². The molecule has 0 unspecified atom stereocenters. The molecule has 4 aromatic rings. The molecule has 3 heterocycles. The lowest BCUT2D eigenvalue weighted by Crippen LogP contribution is -2.39. The number of oxime groups is 1. The highest BCUT2D eigenvalue weighted by Crippen LogP contribution is 2.37. The fourth-order valence-electron chi connectivity index (χ4n) is 4.35.